The molecule has 0 aromatic carbocycles. The third-order valence-electron chi connectivity index (χ3n) is 1.54. The second-order valence-corrected chi connectivity index (χ2v) is 3.38. The van der Waals surface area contributed by atoms with Crippen LogP contribution in [0.2, 0.25) is 0 Å². The third-order valence-corrected chi connectivity index (χ3v) is 2.15. The maximum absolute atomic E-state index is 12.3. The van der Waals surface area contributed by atoms with E-state index in [2.05, 4.69) is 20.9 Å². The number of hydrogen-bond donors (Lipinski definition) is 2. The highest BCUT2D eigenvalue weighted by Crippen LogP contribution is 2.35. The van der Waals surface area contributed by atoms with E-state index >= 15 is 0 Å². The molecule has 8 heteroatoms. The van der Waals surface area contributed by atoms with Crippen molar-refractivity contribution in [2.45, 2.75) is 6.18 Å². The van der Waals surface area contributed by atoms with Crippen LogP contribution >= 0.6 is 15.9 Å². The summed E-state index contributed by atoms with van der Waals surface area (Å²) in [6.45, 7) is 0. The fourth-order valence-corrected chi connectivity index (χ4v) is 1.42. The average molecular weight is 284 g/mol. The Balaban J connectivity index is 3.39. The van der Waals surface area contributed by atoms with E-state index in [9.17, 15) is 18.0 Å². The number of halogens is 4. The van der Waals surface area contributed by atoms with Gasteiger partial charge in [0.2, 0.25) is 0 Å². The lowest BCUT2D eigenvalue weighted by molar-refractivity contribution is -0.138. The maximum atomic E-state index is 12.3. The Bertz CT molecular complexity index is 419. The van der Waals surface area contributed by atoms with Gasteiger partial charge in [0, 0.05) is 0 Å². The van der Waals surface area contributed by atoms with Gasteiger partial charge in [-0.05, 0) is 22.0 Å². The number of nitrogen functional groups attached to an aromatic ring is 1. The summed E-state index contributed by atoms with van der Waals surface area (Å²) in [5.74, 6) is -0.984. The van der Waals surface area contributed by atoms with Crippen LogP contribution < -0.4 is 11.5 Å². The van der Waals surface area contributed by atoms with E-state index in [-0.39, 0.29) is 0 Å². The van der Waals surface area contributed by atoms with Crippen molar-refractivity contribution in [1.82, 2.24) is 4.98 Å². The molecule has 0 saturated heterocycles. The zero-order valence-corrected chi connectivity index (χ0v) is 8.69. The number of alkyl halides is 3. The van der Waals surface area contributed by atoms with Crippen LogP contribution in [-0.2, 0) is 6.18 Å². The molecule has 1 amide bonds. The number of hydrogen-bond acceptors (Lipinski definition) is 3. The molecule has 0 fully saturated rings. The van der Waals surface area contributed by atoms with Gasteiger partial charge < -0.3 is 11.5 Å². The minimum atomic E-state index is -4.59. The Morgan fingerprint density at radius 2 is 2.00 bits per heavy atom. The van der Waals surface area contributed by atoms with Gasteiger partial charge >= 0.3 is 6.18 Å². The Labute approximate surface area is 90.6 Å². The first kappa shape index (κ1) is 11.8. The topological polar surface area (TPSA) is 82.0 Å². The van der Waals surface area contributed by atoms with E-state index in [1.165, 1.54) is 0 Å². The van der Waals surface area contributed by atoms with Gasteiger partial charge in [-0.15, -0.1) is 0 Å². The molecule has 0 aliphatic carbocycles. The first-order valence-corrected chi connectivity index (χ1v) is 4.35. The molecule has 1 aromatic rings. The molecule has 0 bridgehead atoms. The highest BCUT2D eigenvalue weighted by atomic mass is 79.9. The van der Waals surface area contributed by atoms with Gasteiger partial charge in [-0.3, -0.25) is 4.79 Å². The Hall–Kier alpha value is -1.31. The second kappa shape index (κ2) is 3.69. The zero-order chi connectivity index (χ0) is 11.8. The molecule has 82 valence electrons. The van der Waals surface area contributed by atoms with Crippen LogP contribution in [0.3, 0.4) is 0 Å². The molecule has 0 aliphatic heterocycles. The number of nitrogens with zero attached hydrogens (tertiary/aromatic N) is 1. The molecular weight excluding hydrogens is 279 g/mol. The van der Waals surface area contributed by atoms with Crippen molar-refractivity contribution in [3.8, 4) is 0 Å². The number of pyridine rings is 1. The number of nitrogens with two attached hydrogens (primary N) is 2. The normalized spacial score (nSPS) is 11.5. The molecule has 0 saturated carbocycles. The molecule has 0 unspecified atom stereocenters. The van der Waals surface area contributed by atoms with E-state index in [1.54, 1.807) is 0 Å². The van der Waals surface area contributed by atoms with Crippen LogP contribution in [0.5, 0.6) is 0 Å². The minimum absolute atomic E-state index is 0.394. The molecule has 15 heavy (non-hydrogen) atoms. The standard InChI is InChI=1S/C7H5BrF3N3O/c8-5-2(7(9,10)11)1-3(12)4(14-5)6(13)15/h1H,12H2,(H2,13,15). The minimum Gasteiger partial charge on any atom is -0.397 e. The maximum Gasteiger partial charge on any atom is 0.419 e. The van der Waals surface area contributed by atoms with Gasteiger partial charge in [0.1, 0.15) is 4.60 Å². The van der Waals surface area contributed by atoms with E-state index in [1.807, 2.05) is 0 Å². The lowest BCUT2D eigenvalue weighted by atomic mass is 10.2. The summed E-state index contributed by atoms with van der Waals surface area (Å²) in [6.07, 6.45) is -4.59. The lowest BCUT2D eigenvalue weighted by Crippen LogP contribution is -2.18. The molecule has 0 atom stereocenters. The molecule has 1 heterocycles. The molecule has 4 N–H and O–H groups in total. The number of anilines is 1. The summed E-state index contributed by atoms with van der Waals surface area (Å²) in [5, 5.41) is 0. The molecule has 0 spiro atoms. The Morgan fingerprint density at radius 1 is 1.47 bits per heavy atom. The Kier molecular flexibility index (Phi) is 2.89. The summed E-state index contributed by atoms with van der Waals surface area (Å²) in [4.78, 5) is 14.0. The lowest BCUT2D eigenvalue weighted by Gasteiger charge is -2.10. The molecule has 0 radical (unpaired) electrons. The third kappa shape index (κ3) is 2.38. The molecule has 1 aromatic heterocycles. The summed E-state index contributed by atoms with van der Waals surface area (Å²) >= 11 is 2.59. The summed E-state index contributed by atoms with van der Waals surface area (Å²) in [6, 6.07) is 0.608. The summed E-state index contributed by atoms with van der Waals surface area (Å²) < 4.78 is 36.4. The molecule has 0 aliphatic rings. The van der Waals surface area contributed by atoms with E-state index in [0.717, 1.165) is 0 Å². The van der Waals surface area contributed by atoms with Gasteiger partial charge in [0.15, 0.2) is 5.69 Å². The van der Waals surface area contributed by atoms with Crippen molar-refractivity contribution in [1.29, 1.82) is 0 Å². The van der Waals surface area contributed by atoms with Crippen LogP contribution in [0.15, 0.2) is 10.7 Å². The van der Waals surface area contributed by atoms with Crippen molar-refractivity contribution in [3.63, 3.8) is 0 Å². The van der Waals surface area contributed by atoms with Crippen LogP contribution in [0, 0.1) is 0 Å². The van der Waals surface area contributed by atoms with E-state index in [4.69, 9.17) is 11.5 Å². The van der Waals surface area contributed by atoms with Crippen LogP contribution in [-0.4, -0.2) is 10.9 Å². The predicted molar refractivity (Wildman–Crippen MR) is 49.9 cm³/mol. The number of carbonyl (C=O) groups is 1. The van der Waals surface area contributed by atoms with Gasteiger partial charge in [-0.1, -0.05) is 0 Å². The smallest absolute Gasteiger partial charge is 0.397 e. The van der Waals surface area contributed by atoms with Crippen LogP contribution in [0.4, 0.5) is 18.9 Å². The van der Waals surface area contributed by atoms with Gasteiger partial charge in [0.25, 0.3) is 5.91 Å². The first-order chi connectivity index (χ1) is 6.73. The van der Waals surface area contributed by atoms with Crippen molar-refractivity contribution in [2.24, 2.45) is 5.73 Å². The number of amides is 1. The molecule has 1 rings (SSSR count). The quantitative estimate of drug-likeness (QED) is 0.767. The average Bonchev–Trinajstić information content (AvgIpc) is 2.06. The zero-order valence-electron chi connectivity index (χ0n) is 7.10. The number of primary amides is 1. The Morgan fingerprint density at radius 3 is 2.40 bits per heavy atom. The van der Waals surface area contributed by atoms with Gasteiger partial charge in [-0.25, -0.2) is 4.98 Å². The predicted octanol–water partition coefficient (Wildman–Crippen LogP) is 1.54. The number of aromatic nitrogens is 1. The van der Waals surface area contributed by atoms with Crippen molar-refractivity contribution >= 4 is 27.5 Å². The van der Waals surface area contributed by atoms with Crippen molar-refractivity contribution in [3.05, 3.63) is 21.9 Å². The largest absolute Gasteiger partial charge is 0.419 e. The van der Waals surface area contributed by atoms with Crippen LogP contribution in [0.1, 0.15) is 16.1 Å². The van der Waals surface area contributed by atoms with Crippen LogP contribution in [0.25, 0.3) is 0 Å². The van der Waals surface area contributed by atoms with Gasteiger partial charge in [0.05, 0.1) is 11.3 Å². The first-order valence-electron chi connectivity index (χ1n) is 3.56. The monoisotopic (exact) mass is 283 g/mol. The fraction of sp³-hybridized carbons (Fsp3) is 0.143. The van der Waals surface area contributed by atoms with E-state index in [0.29, 0.717) is 6.07 Å². The SMILES string of the molecule is NC(=O)c1nc(Br)c(C(F)(F)F)cc1N. The highest BCUT2D eigenvalue weighted by molar-refractivity contribution is 9.10. The van der Waals surface area contributed by atoms with Gasteiger partial charge in [-0.2, -0.15) is 13.2 Å². The van der Waals surface area contributed by atoms with Crippen molar-refractivity contribution < 1.29 is 18.0 Å². The number of rotatable bonds is 1. The number of carbonyl (C=O) groups excluding carboxylic acids is 1. The molecule has 4 nitrogen and oxygen atoms in total. The van der Waals surface area contributed by atoms with E-state index < -0.39 is 33.6 Å². The highest BCUT2D eigenvalue weighted by Gasteiger charge is 2.34. The summed E-state index contributed by atoms with van der Waals surface area (Å²) in [7, 11) is 0. The summed E-state index contributed by atoms with van der Waals surface area (Å²) in [5.41, 5.74) is 8.21. The second-order valence-electron chi connectivity index (χ2n) is 2.63. The molecular formula is C7H5BrF3N3O. The van der Waals surface area contributed by atoms with Crippen molar-refractivity contribution in [2.75, 3.05) is 5.73 Å². The fourth-order valence-electron chi connectivity index (χ4n) is 0.902.